The number of alkyl halides is 3. The van der Waals surface area contributed by atoms with Crippen molar-refractivity contribution in [3.63, 3.8) is 0 Å². The number of rotatable bonds is 6. The molecule has 0 amide bonds. The Balaban J connectivity index is 1.96. The van der Waals surface area contributed by atoms with E-state index in [0.29, 0.717) is 0 Å². The molecule has 2 rings (SSSR count). The van der Waals surface area contributed by atoms with Crippen LogP contribution in [0.4, 0.5) is 13.2 Å². The zero-order chi connectivity index (χ0) is 18.0. The number of benzene rings is 1. The molecule has 0 fully saturated rings. The molecule has 1 heterocycles. The molecule has 0 saturated heterocycles. The van der Waals surface area contributed by atoms with Crippen LogP contribution in [-0.2, 0) is 22.7 Å². The van der Waals surface area contributed by atoms with E-state index in [1.54, 1.807) is 12.1 Å². The Morgan fingerprint density at radius 2 is 1.79 bits per heavy atom. The maximum Gasteiger partial charge on any atom is 0.435 e. The molecule has 5 nitrogen and oxygen atoms in total. The fourth-order valence-corrected chi connectivity index (χ4v) is 3.07. The Morgan fingerprint density at radius 1 is 1.17 bits per heavy atom. The van der Waals surface area contributed by atoms with Crippen molar-refractivity contribution in [2.24, 2.45) is 0 Å². The molecule has 9 heteroatoms. The van der Waals surface area contributed by atoms with Crippen LogP contribution < -0.4 is 4.72 Å². The molecular formula is C15H18F3N3O2S. The summed E-state index contributed by atoms with van der Waals surface area (Å²) in [5, 5.41) is 3.36. The second kappa shape index (κ2) is 6.94. The van der Waals surface area contributed by atoms with Gasteiger partial charge < -0.3 is 0 Å². The van der Waals surface area contributed by atoms with Gasteiger partial charge in [0.05, 0.1) is 11.4 Å². The quantitative estimate of drug-likeness (QED) is 0.860. The van der Waals surface area contributed by atoms with Crippen LogP contribution in [0.25, 0.3) is 0 Å². The second-order valence-corrected chi connectivity index (χ2v) is 7.35. The van der Waals surface area contributed by atoms with Crippen LogP contribution in [0.5, 0.6) is 0 Å². The Morgan fingerprint density at radius 3 is 2.29 bits per heavy atom. The number of hydrogen-bond acceptors (Lipinski definition) is 3. The molecule has 0 saturated carbocycles. The SMILES string of the molecule is CC(C)c1ccc(S(=O)(=O)NCCn2ccc(C(F)(F)F)n2)cc1. The minimum Gasteiger partial charge on any atom is -0.271 e. The zero-order valence-corrected chi connectivity index (χ0v) is 14.0. The Bertz CT molecular complexity index is 781. The first-order valence-corrected chi connectivity index (χ1v) is 8.78. The summed E-state index contributed by atoms with van der Waals surface area (Å²) in [5.74, 6) is 0.289. The maximum absolute atomic E-state index is 12.4. The van der Waals surface area contributed by atoms with Crippen molar-refractivity contribution in [2.45, 2.75) is 37.4 Å². The maximum atomic E-state index is 12.4. The van der Waals surface area contributed by atoms with E-state index >= 15 is 0 Å². The van der Waals surface area contributed by atoms with Gasteiger partial charge in [-0.1, -0.05) is 26.0 Å². The highest BCUT2D eigenvalue weighted by Crippen LogP contribution is 2.27. The molecule has 1 N–H and O–H groups in total. The number of hydrogen-bond donors (Lipinski definition) is 1. The van der Waals surface area contributed by atoms with Crippen molar-refractivity contribution >= 4 is 10.0 Å². The van der Waals surface area contributed by atoms with E-state index in [4.69, 9.17) is 0 Å². The molecule has 1 aromatic heterocycles. The summed E-state index contributed by atoms with van der Waals surface area (Å²) in [7, 11) is -3.71. The summed E-state index contributed by atoms with van der Waals surface area (Å²) in [4.78, 5) is 0.114. The van der Waals surface area contributed by atoms with Crippen LogP contribution in [0, 0.1) is 0 Å². The van der Waals surface area contributed by atoms with Crippen LogP contribution >= 0.6 is 0 Å². The third kappa shape index (κ3) is 4.57. The average Bonchev–Trinajstić information content (AvgIpc) is 2.96. The topological polar surface area (TPSA) is 64.0 Å². The van der Waals surface area contributed by atoms with E-state index in [1.807, 2.05) is 13.8 Å². The van der Waals surface area contributed by atoms with Gasteiger partial charge in [0.25, 0.3) is 0 Å². The molecule has 0 atom stereocenters. The van der Waals surface area contributed by atoms with Crippen LogP contribution in [0.2, 0.25) is 0 Å². The van der Waals surface area contributed by atoms with E-state index in [1.165, 1.54) is 12.1 Å². The number of nitrogens with zero attached hydrogens (tertiary/aromatic N) is 2. The van der Waals surface area contributed by atoms with Gasteiger partial charge in [-0.3, -0.25) is 4.68 Å². The highest BCUT2D eigenvalue weighted by atomic mass is 32.2. The Kier molecular flexibility index (Phi) is 5.34. The molecule has 0 aliphatic carbocycles. The third-order valence-electron chi connectivity index (χ3n) is 3.42. The fraction of sp³-hybridized carbons (Fsp3) is 0.400. The van der Waals surface area contributed by atoms with Crippen molar-refractivity contribution < 1.29 is 21.6 Å². The van der Waals surface area contributed by atoms with Gasteiger partial charge in [0.2, 0.25) is 10.0 Å². The van der Waals surface area contributed by atoms with Crippen molar-refractivity contribution in [3.8, 4) is 0 Å². The summed E-state index contributed by atoms with van der Waals surface area (Å²) in [5.41, 5.74) is 0.0137. The van der Waals surface area contributed by atoms with Gasteiger partial charge in [-0.05, 0) is 29.7 Å². The predicted octanol–water partition coefficient (Wildman–Crippen LogP) is 3.00. The largest absolute Gasteiger partial charge is 0.435 e. The molecule has 0 bridgehead atoms. The molecule has 0 aliphatic rings. The second-order valence-electron chi connectivity index (χ2n) is 5.58. The zero-order valence-electron chi connectivity index (χ0n) is 13.2. The molecule has 0 radical (unpaired) electrons. The molecule has 132 valence electrons. The van der Waals surface area contributed by atoms with Gasteiger partial charge >= 0.3 is 6.18 Å². The summed E-state index contributed by atoms with van der Waals surface area (Å²) in [6.07, 6.45) is -3.35. The number of aromatic nitrogens is 2. The van der Waals surface area contributed by atoms with Gasteiger partial charge in [0.1, 0.15) is 0 Å². The lowest BCUT2D eigenvalue weighted by Crippen LogP contribution is -2.27. The van der Waals surface area contributed by atoms with Crippen molar-refractivity contribution in [1.82, 2.24) is 14.5 Å². The summed E-state index contributed by atoms with van der Waals surface area (Å²) in [6.45, 7) is 3.94. The predicted molar refractivity (Wildman–Crippen MR) is 82.9 cm³/mol. The van der Waals surface area contributed by atoms with E-state index in [-0.39, 0.29) is 23.9 Å². The van der Waals surface area contributed by atoms with Crippen molar-refractivity contribution in [3.05, 3.63) is 47.8 Å². The number of nitrogens with one attached hydrogen (secondary N) is 1. The fourth-order valence-electron chi connectivity index (χ4n) is 2.05. The monoisotopic (exact) mass is 361 g/mol. The normalized spacial score (nSPS) is 12.8. The standard InChI is InChI=1S/C15H18F3N3O2S/c1-11(2)12-3-5-13(6-4-12)24(22,23)19-8-10-21-9-7-14(20-21)15(16,17)18/h3-7,9,11,19H,8,10H2,1-2H3. The molecule has 24 heavy (non-hydrogen) atoms. The average molecular weight is 361 g/mol. The van der Waals surface area contributed by atoms with Crippen molar-refractivity contribution in [1.29, 1.82) is 0 Å². The first kappa shape index (κ1) is 18.5. The first-order valence-electron chi connectivity index (χ1n) is 7.30. The van der Waals surface area contributed by atoms with E-state index < -0.39 is 21.9 Å². The van der Waals surface area contributed by atoms with Gasteiger partial charge in [-0.15, -0.1) is 0 Å². The number of halogens is 3. The van der Waals surface area contributed by atoms with Crippen LogP contribution in [-0.4, -0.2) is 24.7 Å². The van der Waals surface area contributed by atoms with E-state index in [2.05, 4.69) is 9.82 Å². The molecule has 1 aromatic carbocycles. The molecule has 2 aromatic rings. The lowest BCUT2D eigenvalue weighted by Gasteiger charge is -2.09. The highest BCUT2D eigenvalue weighted by molar-refractivity contribution is 7.89. The van der Waals surface area contributed by atoms with E-state index in [0.717, 1.165) is 22.5 Å². The lowest BCUT2D eigenvalue weighted by atomic mass is 10.0. The van der Waals surface area contributed by atoms with Crippen molar-refractivity contribution in [2.75, 3.05) is 6.54 Å². The van der Waals surface area contributed by atoms with Gasteiger partial charge in [-0.2, -0.15) is 18.3 Å². The summed E-state index contributed by atoms with van der Waals surface area (Å²) < 4.78 is 65.0. The van der Waals surface area contributed by atoms with Gasteiger partial charge in [0, 0.05) is 12.7 Å². The number of sulfonamides is 1. The van der Waals surface area contributed by atoms with Gasteiger partial charge in [0.15, 0.2) is 5.69 Å². The van der Waals surface area contributed by atoms with Crippen LogP contribution in [0.15, 0.2) is 41.4 Å². The van der Waals surface area contributed by atoms with Gasteiger partial charge in [-0.25, -0.2) is 13.1 Å². The molecule has 0 aliphatic heterocycles. The highest BCUT2D eigenvalue weighted by Gasteiger charge is 2.33. The van der Waals surface area contributed by atoms with Crippen LogP contribution in [0.3, 0.4) is 0 Å². The Hall–Kier alpha value is -1.87. The summed E-state index contributed by atoms with van der Waals surface area (Å²) >= 11 is 0. The van der Waals surface area contributed by atoms with Crippen LogP contribution in [0.1, 0.15) is 31.0 Å². The minimum absolute atomic E-state index is 0.000607. The smallest absolute Gasteiger partial charge is 0.271 e. The Labute approximate surface area is 138 Å². The minimum atomic E-state index is -4.51. The third-order valence-corrected chi connectivity index (χ3v) is 4.90. The molecular weight excluding hydrogens is 343 g/mol. The first-order chi connectivity index (χ1) is 11.1. The molecule has 0 unspecified atom stereocenters. The lowest BCUT2D eigenvalue weighted by molar-refractivity contribution is -0.141. The molecule has 0 spiro atoms. The summed E-state index contributed by atoms with van der Waals surface area (Å²) in [6, 6.07) is 7.34. The van der Waals surface area contributed by atoms with E-state index in [9.17, 15) is 21.6 Å².